The number of amides is 1. The van der Waals surface area contributed by atoms with E-state index in [4.69, 9.17) is 16.3 Å². The van der Waals surface area contributed by atoms with Gasteiger partial charge in [-0.1, -0.05) is 35.9 Å². The van der Waals surface area contributed by atoms with Crippen LogP contribution >= 0.6 is 11.6 Å². The molecule has 5 rings (SSSR count). The van der Waals surface area contributed by atoms with E-state index in [1.54, 1.807) is 17.2 Å². The first kappa shape index (κ1) is 23.2. The molecule has 2 aromatic carbocycles. The summed E-state index contributed by atoms with van der Waals surface area (Å²) >= 11 is 6.13. The predicted octanol–water partition coefficient (Wildman–Crippen LogP) is 5.69. The maximum atomic E-state index is 15.8. The van der Waals surface area contributed by atoms with Crippen LogP contribution in [0.1, 0.15) is 20.8 Å². The minimum absolute atomic E-state index is 0.209. The molecule has 0 aliphatic carbocycles. The molecule has 4 aromatic rings. The maximum absolute atomic E-state index is 15.8. The third-order valence-corrected chi connectivity index (χ3v) is 6.17. The summed E-state index contributed by atoms with van der Waals surface area (Å²) in [7, 11) is 0. The van der Waals surface area contributed by atoms with Crippen molar-refractivity contribution in [2.24, 2.45) is 0 Å². The lowest BCUT2D eigenvalue weighted by atomic mass is 10.0. The number of anilines is 1. The van der Waals surface area contributed by atoms with Crippen molar-refractivity contribution in [1.82, 2.24) is 19.9 Å². The molecule has 0 spiro atoms. The Kier molecular flexibility index (Phi) is 5.92. The first-order chi connectivity index (χ1) is 16.7. The van der Waals surface area contributed by atoms with E-state index >= 15 is 4.39 Å². The summed E-state index contributed by atoms with van der Waals surface area (Å²) in [6.45, 7) is 7.57. The highest BCUT2D eigenvalue weighted by molar-refractivity contribution is 6.31. The number of fused-ring (bicyclic) bond motifs is 2. The number of pyridine rings is 1. The zero-order valence-corrected chi connectivity index (χ0v) is 20.5. The molecular formula is C26H25ClFN5O2. The summed E-state index contributed by atoms with van der Waals surface area (Å²) in [5.41, 5.74) is 0.559. The van der Waals surface area contributed by atoms with Crippen molar-refractivity contribution < 1.29 is 13.9 Å². The highest BCUT2D eigenvalue weighted by Gasteiger charge is 2.27. The number of halogens is 2. The minimum atomic E-state index is -0.547. The van der Waals surface area contributed by atoms with Crippen molar-refractivity contribution >= 4 is 45.2 Å². The van der Waals surface area contributed by atoms with Gasteiger partial charge in [0.15, 0.2) is 5.82 Å². The molecule has 180 valence electrons. The average Bonchev–Trinajstić information content (AvgIpc) is 2.83. The zero-order chi connectivity index (χ0) is 24.7. The van der Waals surface area contributed by atoms with E-state index in [2.05, 4.69) is 15.0 Å². The molecule has 1 aliphatic rings. The number of aromatic nitrogens is 3. The standard InChI is InChI=1S/C26H25ClFN5O2/c1-26(2,3)35-25(34)33-11-9-32(10-12-33)24-20-14-29-22(21(28)23(20)30-15-31-24)19-6-4-5-16-13-17(27)7-8-18(16)19/h4-8,13-15H,9-12H2,1-3H3. The molecule has 3 heterocycles. The number of hydrogen-bond donors (Lipinski definition) is 0. The second-order valence-corrected chi connectivity index (χ2v) is 9.94. The van der Waals surface area contributed by atoms with Crippen LogP contribution in [0.2, 0.25) is 5.02 Å². The van der Waals surface area contributed by atoms with Gasteiger partial charge in [0.1, 0.15) is 29.0 Å². The van der Waals surface area contributed by atoms with Gasteiger partial charge < -0.3 is 14.5 Å². The third kappa shape index (κ3) is 4.58. The summed E-state index contributed by atoms with van der Waals surface area (Å²) in [6.07, 6.45) is 2.66. The van der Waals surface area contributed by atoms with Gasteiger partial charge >= 0.3 is 6.09 Å². The van der Waals surface area contributed by atoms with Crippen LogP contribution in [0.25, 0.3) is 32.9 Å². The van der Waals surface area contributed by atoms with Crippen LogP contribution in [0.5, 0.6) is 0 Å². The summed E-state index contributed by atoms with van der Waals surface area (Å²) in [5, 5.41) is 2.91. The molecule has 0 radical (unpaired) electrons. The Bertz CT molecular complexity index is 1430. The van der Waals surface area contributed by atoms with Crippen LogP contribution in [0.15, 0.2) is 48.9 Å². The minimum Gasteiger partial charge on any atom is -0.444 e. The zero-order valence-electron chi connectivity index (χ0n) is 19.8. The highest BCUT2D eigenvalue weighted by Crippen LogP contribution is 2.34. The second-order valence-electron chi connectivity index (χ2n) is 9.51. The number of benzene rings is 2. The molecule has 2 aromatic heterocycles. The van der Waals surface area contributed by atoms with E-state index in [9.17, 15) is 4.79 Å². The molecule has 0 bridgehead atoms. The Labute approximate surface area is 207 Å². The molecule has 1 saturated heterocycles. The Morgan fingerprint density at radius 3 is 2.54 bits per heavy atom. The Morgan fingerprint density at radius 1 is 1.03 bits per heavy atom. The Hall–Kier alpha value is -3.52. The summed E-state index contributed by atoms with van der Waals surface area (Å²) in [5.74, 6) is 0.0995. The molecule has 1 aliphatic heterocycles. The van der Waals surface area contributed by atoms with Crippen molar-refractivity contribution in [2.75, 3.05) is 31.1 Å². The summed E-state index contributed by atoms with van der Waals surface area (Å²) in [6, 6.07) is 11.1. The first-order valence-electron chi connectivity index (χ1n) is 11.4. The van der Waals surface area contributed by atoms with Gasteiger partial charge in [0.25, 0.3) is 0 Å². The van der Waals surface area contributed by atoms with E-state index in [1.807, 2.05) is 56.0 Å². The monoisotopic (exact) mass is 493 g/mol. The maximum Gasteiger partial charge on any atom is 0.410 e. The van der Waals surface area contributed by atoms with E-state index < -0.39 is 11.4 Å². The molecule has 1 amide bonds. The van der Waals surface area contributed by atoms with Crippen LogP contribution < -0.4 is 4.90 Å². The van der Waals surface area contributed by atoms with E-state index in [1.165, 1.54) is 6.33 Å². The van der Waals surface area contributed by atoms with E-state index in [0.29, 0.717) is 48.0 Å². The number of nitrogens with zero attached hydrogens (tertiary/aromatic N) is 5. The number of carbonyl (C=O) groups is 1. The van der Waals surface area contributed by atoms with Crippen molar-refractivity contribution in [3.63, 3.8) is 0 Å². The molecule has 0 saturated carbocycles. The van der Waals surface area contributed by atoms with E-state index in [-0.39, 0.29) is 17.3 Å². The van der Waals surface area contributed by atoms with Gasteiger partial charge in [-0.05, 0) is 43.7 Å². The molecule has 0 N–H and O–H groups in total. The van der Waals surface area contributed by atoms with Crippen LogP contribution in [0, 0.1) is 5.82 Å². The van der Waals surface area contributed by atoms with Gasteiger partial charge in [-0.3, -0.25) is 4.98 Å². The number of ether oxygens (including phenoxy) is 1. The van der Waals surface area contributed by atoms with Gasteiger partial charge in [0.05, 0.1) is 5.39 Å². The Balaban J connectivity index is 1.46. The average molecular weight is 494 g/mol. The van der Waals surface area contributed by atoms with Crippen LogP contribution in [-0.2, 0) is 4.74 Å². The summed E-state index contributed by atoms with van der Waals surface area (Å²) < 4.78 is 21.2. The molecule has 0 unspecified atom stereocenters. The SMILES string of the molecule is CC(C)(C)OC(=O)N1CCN(c2ncnc3c(F)c(-c4cccc5cc(Cl)ccc45)ncc23)CC1. The molecule has 1 fully saturated rings. The molecule has 9 heteroatoms. The molecule has 35 heavy (non-hydrogen) atoms. The summed E-state index contributed by atoms with van der Waals surface area (Å²) in [4.78, 5) is 29.2. The first-order valence-corrected chi connectivity index (χ1v) is 11.8. The van der Waals surface area contributed by atoms with Gasteiger partial charge in [-0.25, -0.2) is 19.2 Å². The van der Waals surface area contributed by atoms with Crippen LogP contribution in [0.3, 0.4) is 0 Å². The number of carbonyl (C=O) groups excluding carboxylic acids is 1. The predicted molar refractivity (Wildman–Crippen MR) is 135 cm³/mol. The number of hydrogen-bond acceptors (Lipinski definition) is 6. The van der Waals surface area contributed by atoms with Crippen molar-refractivity contribution in [1.29, 1.82) is 0 Å². The van der Waals surface area contributed by atoms with Crippen LogP contribution in [-0.4, -0.2) is 57.7 Å². The Morgan fingerprint density at radius 2 is 1.80 bits per heavy atom. The molecular weight excluding hydrogens is 469 g/mol. The third-order valence-electron chi connectivity index (χ3n) is 5.93. The normalized spacial score (nSPS) is 14.5. The van der Waals surface area contributed by atoms with Crippen molar-refractivity contribution in [3.05, 3.63) is 59.8 Å². The second kappa shape index (κ2) is 8.92. The van der Waals surface area contributed by atoms with Crippen molar-refractivity contribution in [2.45, 2.75) is 26.4 Å². The lowest BCUT2D eigenvalue weighted by Crippen LogP contribution is -2.50. The van der Waals surface area contributed by atoms with Crippen molar-refractivity contribution in [3.8, 4) is 11.3 Å². The fraction of sp³-hybridized carbons (Fsp3) is 0.308. The molecule has 7 nitrogen and oxygen atoms in total. The fourth-order valence-electron chi connectivity index (χ4n) is 4.31. The number of rotatable bonds is 2. The topological polar surface area (TPSA) is 71.5 Å². The largest absolute Gasteiger partial charge is 0.444 e. The van der Waals surface area contributed by atoms with Gasteiger partial charge in [0.2, 0.25) is 0 Å². The quantitative estimate of drug-likeness (QED) is 0.357. The van der Waals surface area contributed by atoms with Gasteiger partial charge in [0, 0.05) is 43.0 Å². The van der Waals surface area contributed by atoms with Gasteiger partial charge in [-0.2, -0.15) is 0 Å². The fourth-order valence-corrected chi connectivity index (χ4v) is 4.49. The highest BCUT2D eigenvalue weighted by atomic mass is 35.5. The van der Waals surface area contributed by atoms with Crippen LogP contribution in [0.4, 0.5) is 15.0 Å². The smallest absolute Gasteiger partial charge is 0.410 e. The number of piperazine rings is 1. The lowest BCUT2D eigenvalue weighted by molar-refractivity contribution is 0.0240. The van der Waals surface area contributed by atoms with Gasteiger partial charge in [-0.15, -0.1) is 0 Å². The van der Waals surface area contributed by atoms with E-state index in [0.717, 1.165) is 10.8 Å². The molecule has 0 atom stereocenters. The lowest BCUT2D eigenvalue weighted by Gasteiger charge is -2.36.